The quantitative estimate of drug-likeness (QED) is 0.406. The van der Waals surface area contributed by atoms with Crippen LogP contribution in [0.15, 0.2) is 23.0 Å². The van der Waals surface area contributed by atoms with Crippen LogP contribution >= 0.6 is 34.4 Å². The van der Waals surface area contributed by atoms with Gasteiger partial charge in [0.05, 0.1) is 27.1 Å². The Labute approximate surface area is 202 Å². The van der Waals surface area contributed by atoms with Crippen molar-refractivity contribution in [2.75, 3.05) is 29.1 Å². The highest BCUT2D eigenvalue weighted by molar-refractivity contribution is 7.99. The average molecular weight is 498 g/mol. The summed E-state index contributed by atoms with van der Waals surface area (Å²) in [4.78, 5) is 41.8. The molecule has 2 aliphatic rings. The molecule has 0 spiro atoms. The number of H-pyrrole nitrogens is 1. The fourth-order valence-electron chi connectivity index (χ4n) is 4.59. The largest absolute Gasteiger partial charge is 0.348 e. The zero-order valence-corrected chi connectivity index (χ0v) is 20.4. The highest BCUT2D eigenvalue weighted by atomic mass is 32.2. The number of benzene rings is 1. The van der Waals surface area contributed by atoms with Crippen LogP contribution in [0.25, 0.3) is 20.4 Å². The fourth-order valence-corrected chi connectivity index (χ4v) is 7.61. The summed E-state index contributed by atoms with van der Waals surface area (Å²) in [6.45, 7) is 2.14. The van der Waals surface area contributed by atoms with Gasteiger partial charge in [-0.3, -0.25) is 9.59 Å². The van der Waals surface area contributed by atoms with Crippen LogP contribution < -0.4 is 15.8 Å². The summed E-state index contributed by atoms with van der Waals surface area (Å²) in [5.74, 6) is 1.35. The summed E-state index contributed by atoms with van der Waals surface area (Å²) < 4.78 is 1.08. The van der Waals surface area contributed by atoms with E-state index in [1.165, 1.54) is 35.0 Å². The van der Waals surface area contributed by atoms with Crippen molar-refractivity contribution >= 4 is 71.6 Å². The van der Waals surface area contributed by atoms with E-state index in [4.69, 9.17) is 4.98 Å². The molecule has 170 valence electrons. The number of thioether (sulfide) groups is 1. The Morgan fingerprint density at radius 2 is 2.03 bits per heavy atom. The van der Waals surface area contributed by atoms with Crippen LogP contribution in [0, 0.1) is 0 Å². The van der Waals surface area contributed by atoms with Gasteiger partial charge in [-0.1, -0.05) is 11.3 Å². The summed E-state index contributed by atoms with van der Waals surface area (Å²) in [6, 6.07) is 5.87. The van der Waals surface area contributed by atoms with Crippen LogP contribution in [-0.2, 0) is 23.4 Å². The number of aromatic amines is 1. The summed E-state index contributed by atoms with van der Waals surface area (Å²) >= 11 is 4.77. The lowest BCUT2D eigenvalue weighted by molar-refractivity contribution is -0.113. The molecule has 7 nitrogen and oxygen atoms in total. The number of carbonyl (C=O) groups is 1. The Kier molecular flexibility index (Phi) is 5.59. The minimum Gasteiger partial charge on any atom is -0.348 e. The molecular weight excluding hydrogens is 474 g/mol. The van der Waals surface area contributed by atoms with E-state index < -0.39 is 0 Å². The Hall–Kier alpha value is -2.43. The Bertz CT molecular complexity index is 1420. The first-order valence-corrected chi connectivity index (χ1v) is 14.0. The molecule has 4 aromatic rings. The molecular formula is C23H23N5O2S3. The number of amides is 1. The molecule has 0 unspecified atom stereocenters. The lowest BCUT2D eigenvalue weighted by Gasteiger charge is -2.11. The Balaban J connectivity index is 1.08. The SMILES string of the molecule is O=C(CSCc1nc2sc3c(c2c(=O)[nH]1)CCC3)Nc1ccc2nc(N3CCCC3)sc2c1. The summed E-state index contributed by atoms with van der Waals surface area (Å²) in [5.41, 5.74) is 2.89. The van der Waals surface area contributed by atoms with Crippen LogP contribution in [-0.4, -0.2) is 39.7 Å². The third kappa shape index (κ3) is 4.15. The number of nitrogens with one attached hydrogen (secondary N) is 2. The first-order chi connectivity index (χ1) is 16.1. The van der Waals surface area contributed by atoms with Gasteiger partial charge in [-0.15, -0.1) is 23.1 Å². The average Bonchev–Trinajstić information content (AvgIpc) is 3.56. The van der Waals surface area contributed by atoms with E-state index >= 15 is 0 Å². The molecule has 1 aliphatic heterocycles. The van der Waals surface area contributed by atoms with Crippen molar-refractivity contribution in [3.05, 3.63) is 44.8 Å². The molecule has 1 amide bonds. The molecule has 0 radical (unpaired) electrons. The molecule has 1 fully saturated rings. The number of anilines is 2. The number of thiazole rings is 1. The monoisotopic (exact) mass is 497 g/mol. The number of nitrogens with zero attached hydrogens (tertiary/aromatic N) is 3. The molecule has 4 heterocycles. The smallest absolute Gasteiger partial charge is 0.259 e. The standard InChI is InChI=1S/C23H23N5O2S3/c29-19(24-13-6-7-15-17(10-13)33-23(25-15)28-8-1-2-9-28)12-31-11-18-26-21(30)20-14-4-3-5-16(14)32-22(20)27-18/h6-7,10H,1-5,8-9,11-12H2,(H,24,29)(H,26,27,30). The molecule has 33 heavy (non-hydrogen) atoms. The van der Waals surface area contributed by atoms with E-state index in [1.54, 1.807) is 22.7 Å². The maximum atomic E-state index is 12.6. The summed E-state index contributed by atoms with van der Waals surface area (Å²) in [6.07, 6.45) is 5.59. The van der Waals surface area contributed by atoms with Crippen LogP contribution in [0.5, 0.6) is 0 Å². The van der Waals surface area contributed by atoms with Crippen LogP contribution in [0.1, 0.15) is 35.5 Å². The van der Waals surface area contributed by atoms with Crippen molar-refractivity contribution < 1.29 is 4.79 Å². The second-order valence-electron chi connectivity index (χ2n) is 8.46. The van der Waals surface area contributed by atoms with Crippen molar-refractivity contribution in [3.63, 3.8) is 0 Å². The number of hydrogen-bond acceptors (Lipinski definition) is 8. The molecule has 1 aromatic carbocycles. The summed E-state index contributed by atoms with van der Waals surface area (Å²) in [7, 11) is 0. The van der Waals surface area contributed by atoms with E-state index in [2.05, 4.69) is 20.2 Å². The molecule has 0 atom stereocenters. The minimum atomic E-state index is -0.0674. The van der Waals surface area contributed by atoms with Crippen molar-refractivity contribution in [1.29, 1.82) is 0 Å². The van der Waals surface area contributed by atoms with E-state index in [1.807, 2.05) is 18.2 Å². The van der Waals surface area contributed by atoms with Gasteiger partial charge >= 0.3 is 0 Å². The summed E-state index contributed by atoms with van der Waals surface area (Å²) in [5, 5.41) is 4.82. The number of rotatable bonds is 6. The Morgan fingerprint density at radius 1 is 1.15 bits per heavy atom. The van der Waals surface area contributed by atoms with Crippen LogP contribution in [0.3, 0.4) is 0 Å². The van der Waals surface area contributed by atoms with Gasteiger partial charge in [-0.25, -0.2) is 9.97 Å². The van der Waals surface area contributed by atoms with Gasteiger partial charge in [0.25, 0.3) is 5.56 Å². The highest BCUT2D eigenvalue weighted by Gasteiger charge is 2.21. The van der Waals surface area contributed by atoms with E-state index in [-0.39, 0.29) is 11.5 Å². The van der Waals surface area contributed by atoms with Crippen molar-refractivity contribution in [2.24, 2.45) is 0 Å². The molecule has 6 rings (SSSR count). The number of aromatic nitrogens is 3. The van der Waals surface area contributed by atoms with E-state index in [9.17, 15) is 9.59 Å². The van der Waals surface area contributed by atoms with E-state index in [0.29, 0.717) is 17.3 Å². The lowest BCUT2D eigenvalue weighted by Crippen LogP contribution is -2.16. The van der Waals surface area contributed by atoms with Gasteiger partial charge < -0.3 is 15.2 Å². The molecule has 1 saturated heterocycles. The molecule has 2 N–H and O–H groups in total. The van der Waals surface area contributed by atoms with Gasteiger partial charge in [0, 0.05) is 23.7 Å². The Morgan fingerprint density at radius 3 is 2.91 bits per heavy atom. The number of hydrogen-bond donors (Lipinski definition) is 2. The maximum absolute atomic E-state index is 12.6. The van der Waals surface area contributed by atoms with Gasteiger partial charge in [0.15, 0.2) is 5.13 Å². The second-order valence-corrected chi connectivity index (χ2v) is 11.5. The lowest BCUT2D eigenvalue weighted by atomic mass is 10.2. The third-order valence-electron chi connectivity index (χ3n) is 6.13. The normalized spacial score (nSPS) is 15.6. The molecule has 0 bridgehead atoms. The number of thiophene rings is 1. The highest BCUT2D eigenvalue weighted by Crippen LogP contribution is 2.35. The first kappa shape index (κ1) is 21.1. The van der Waals surface area contributed by atoms with Crippen LogP contribution in [0.2, 0.25) is 0 Å². The molecule has 10 heteroatoms. The van der Waals surface area contributed by atoms with Crippen LogP contribution in [0.4, 0.5) is 10.8 Å². The maximum Gasteiger partial charge on any atom is 0.259 e. The fraction of sp³-hybridized carbons (Fsp3) is 0.391. The molecule has 3 aromatic heterocycles. The zero-order valence-electron chi connectivity index (χ0n) is 18.0. The van der Waals surface area contributed by atoms with Gasteiger partial charge in [-0.05, 0) is 55.9 Å². The van der Waals surface area contributed by atoms with Gasteiger partial charge in [0.1, 0.15) is 10.7 Å². The zero-order chi connectivity index (χ0) is 22.4. The topological polar surface area (TPSA) is 91.0 Å². The predicted octanol–water partition coefficient (Wildman–Crippen LogP) is 4.56. The third-order valence-corrected chi connectivity index (χ3v) is 9.34. The van der Waals surface area contributed by atoms with Gasteiger partial charge in [0.2, 0.25) is 5.91 Å². The minimum absolute atomic E-state index is 0.0504. The van der Waals surface area contributed by atoms with Crippen molar-refractivity contribution in [2.45, 2.75) is 37.9 Å². The molecule has 0 saturated carbocycles. The van der Waals surface area contributed by atoms with Crippen molar-refractivity contribution in [3.8, 4) is 0 Å². The van der Waals surface area contributed by atoms with Crippen molar-refractivity contribution in [1.82, 2.24) is 15.0 Å². The molecule has 1 aliphatic carbocycles. The first-order valence-electron chi connectivity index (χ1n) is 11.2. The number of fused-ring (bicyclic) bond motifs is 4. The predicted molar refractivity (Wildman–Crippen MR) is 138 cm³/mol. The van der Waals surface area contributed by atoms with Gasteiger partial charge in [-0.2, -0.15) is 0 Å². The van der Waals surface area contributed by atoms with E-state index in [0.717, 1.165) is 63.6 Å². The second kappa shape index (κ2) is 8.73. The number of carbonyl (C=O) groups excluding carboxylic acids is 1. The number of aryl methyl sites for hydroxylation is 2.